The van der Waals surface area contributed by atoms with Gasteiger partial charge in [0.1, 0.15) is 17.7 Å². The normalized spacial score (nSPS) is 20.1. The van der Waals surface area contributed by atoms with E-state index in [1.54, 1.807) is 24.5 Å². The number of aliphatic imine (C=N–C) groups is 1. The molecule has 0 bridgehead atoms. The van der Waals surface area contributed by atoms with Gasteiger partial charge in [-0.25, -0.2) is 18.5 Å². The molecular formula is C17H14F2N2O2S. The smallest absolute Gasteiger partial charge is 0.414 e. The van der Waals surface area contributed by atoms with Crippen molar-refractivity contribution in [1.29, 1.82) is 0 Å². The van der Waals surface area contributed by atoms with Crippen molar-refractivity contribution in [2.45, 2.75) is 12.1 Å². The molecule has 1 aliphatic heterocycles. The van der Waals surface area contributed by atoms with Crippen molar-refractivity contribution in [3.05, 3.63) is 71.3 Å². The summed E-state index contributed by atoms with van der Waals surface area (Å²) in [6, 6.07) is 10.2. The van der Waals surface area contributed by atoms with Crippen LogP contribution in [0.1, 0.15) is 23.2 Å². The summed E-state index contributed by atoms with van der Waals surface area (Å²) in [5, 5.41) is 9.90. The molecule has 0 saturated heterocycles. The molecule has 24 heavy (non-hydrogen) atoms. The van der Waals surface area contributed by atoms with E-state index in [0.717, 1.165) is 4.90 Å². The highest BCUT2D eigenvalue weighted by atomic mass is 32.2. The summed E-state index contributed by atoms with van der Waals surface area (Å²) >= 11 is 1.18. The van der Waals surface area contributed by atoms with Gasteiger partial charge in [-0.15, -0.1) is 0 Å². The minimum atomic E-state index is -1.18. The van der Waals surface area contributed by atoms with Gasteiger partial charge in [-0.1, -0.05) is 36.0 Å². The number of benzene rings is 2. The quantitative estimate of drug-likeness (QED) is 0.872. The van der Waals surface area contributed by atoms with E-state index in [9.17, 15) is 18.7 Å². The van der Waals surface area contributed by atoms with Crippen LogP contribution in [0, 0.1) is 11.6 Å². The molecule has 2 aromatic rings. The number of halogens is 2. The van der Waals surface area contributed by atoms with Gasteiger partial charge in [-0.05, 0) is 41.6 Å². The van der Waals surface area contributed by atoms with Crippen molar-refractivity contribution in [1.82, 2.24) is 4.90 Å². The first-order chi connectivity index (χ1) is 11.5. The zero-order chi connectivity index (χ0) is 17.3. The third-order valence-electron chi connectivity index (χ3n) is 3.80. The van der Waals surface area contributed by atoms with Gasteiger partial charge in [0.2, 0.25) is 0 Å². The highest BCUT2D eigenvalue weighted by molar-refractivity contribution is 8.13. The fraction of sp³-hybridized carbons (Fsp3) is 0.176. The van der Waals surface area contributed by atoms with Gasteiger partial charge in [-0.3, -0.25) is 4.99 Å². The van der Waals surface area contributed by atoms with E-state index in [-0.39, 0.29) is 0 Å². The number of thioether (sulfide) groups is 1. The number of rotatable bonds is 2. The largest absolute Gasteiger partial charge is 0.465 e. The van der Waals surface area contributed by atoms with Crippen molar-refractivity contribution in [2.75, 3.05) is 6.26 Å². The zero-order valence-corrected chi connectivity index (χ0v) is 13.5. The number of carbonyl (C=O) groups is 1. The molecule has 2 atom stereocenters. The van der Waals surface area contributed by atoms with Crippen molar-refractivity contribution in [3.63, 3.8) is 0 Å². The highest BCUT2D eigenvalue weighted by Crippen LogP contribution is 2.44. The molecule has 1 N–H and O–H groups in total. The minimum Gasteiger partial charge on any atom is -0.465 e. The molecule has 1 heterocycles. The number of carboxylic acid groups (broad SMARTS) is 1. The Hall–Kier alpha value is -2.41. The molecule has 1 amide bonds. The average molecular weight is 348 g/mol. The van der Waals surface area contributed by atoms with E-state index in [4.69, 9.17) is 0 Å². The summed E-state index contributed by atoms with van der Waals surface area (Å²) in [5.74, 6) is -0.895. The zero-order valence-electron chi connectivity index (χ0n) is 12.7. The molecule has 0 aliphatic carbocycles. The fourth-order valence-electron chi connectivity index (χ4n) is 2.83. The fourth-order valence-corrected chi connectivity index (χ4v) is 3.44. The third-order valence-corrected chi connectivity index (χ3v) is 4.47. The van der Waals surface area contributed by atoms with E-state index in [1.807, 2.05) is 0 Å². The maximum atomic E-state index is 13.7. The van der Waals surface area contributed by atoms with Gasteiger partial charge < -0.3 is 5.11 Å². The summed E-state index contributed by atoms with van der Waals surface area (Å²) in [4.78, 5) is 17.3. The number of amidine groups is 1. The molecule has 7 heteroatoms. The molecule has 0 saturated carbocycles. The van der Waals surface area contributed by atoms with Crippen LogP contribution in [0.25, 0.3) is 0 Å². The van der Waals surface area contributed by atoms with Crippen molar-refractivity contribution < 1.29 is 18.7 Å². The molecule has 1 aliphatic rings. The molecule has 2 aromatic carbocycles. The molecule has 2 unspecified atom stereocenters. The summed E-state index contributed by atoms with van der Waals surface area (Å²) in [6.07, 6.45) is 0.530. The van der Waals surface area contributed by atoms with Gasteiger partial charge >= 0.3 is 6.09 Å². The SMILES string of the molecule is CSC1=NC(c2cccc(F)c2)C(c2cccc(F)c2)N1C(=O)O. The second-order valence-corrected chi connectivity index (χ2v) is 6.04. The Morgan fingerprint density at radius 3 is 2.25 bits per heavy atom. The first-order valence-electron chi connectivity index (χ1n) is 7.16. The van der Waals surface area contributed by atoms with Gasteiger partial charge in [0, 0.05) is 0 Å². The van der Waals surface area contributed by atoms with Crippen molar-refractivity contribution >= 4 is 23.0 Å². The molecule has 0 aromatic heterocycles. The van der Waals surface area contributed by atoms with E-state index >= 15 is 0 Å². The lowest BCUT2D eigenvalue weighted by Gasteiger charge is -2.26. The first kappa shape index (κ1) is 16.4. The lowest BCUT2D eigenvalue weighted by Crippen LogP contribution is -2.34. The highest BCUT2D eigenvalue weighted by Gasteiger charge is 2.41. The lowest BCUT2D eigenvalue weighted by atomic mass is 9.94. The van der Waals surface area contributed by atoms with Crippen molar-refractivity contribution in [3.8, 4) is 0 Å². The minimum absolute atomic E-state index is 0.297. The molecule has 0 radical (unpaired) electrons. The van der Waals surface area contributed by atoms with E-state index in [0.29, 0.717) is 16.3 Å². The Kier molecular flexibility index (Phi) is 4.53. The van der Waals surface area contributed by atoms with Crippen LogP contribution in [-0.4, -0.2) is 27.5 Å². The van der Waals surface area contributed by atoms with Crippen LogP contribution in [0.15, 0.2) is 53.5 Å². The summed E-state index contributed by atoms with van der Waals surface area (Å²) in [7, 11) is 0. The summed E-state index contributed by atoms with van der Waals surface area (Å²) < 4.78 is 27.3. The maximum absolute atomic E-state index is 13.7. The predicted molar refractivity (Wildman–Crippen MR) is 89.1 cm³/mol. The van der Waals surface area contributed by atoms with E-state index in [1.165, 1.54) is 42.1 Å². The Morgan fingerprint density at radius 2 is 1.71 bits per heavy atom. The standard InChI is InChI=1S/C17H14F2N2O2S/c1-24-16-20-14(10-4-2-6-12(18)8-10)15(21(16)17(22)23)11-5-3-7-13(19)9-11/h2-9,14-15H,1H3,(H,22,23). The lowest BCUT2D eigenvalue weighted by molar-refractivity contribution is 0.157. The first-order valence-corrected chi connectivity index (χ1v) is 8.38. The summed E-state index contributed by atoms with van der Waals surface area (Å²) in [6.45, 7) is 0. The second-order valence-electron chi connectivity index (χ2n) is 5.27. The van der Waals surface area contributed by atoms with Crippen molar-refractivity contribution in [2.24, 2.45) is 4.99 Å². The van der Waals surface area contributed by atoms with E-state index in [2.05, 4.69) is 4.99 Å². The number of hydrogen-bond donors (Lipinski definition) is 1. The molecular weight excluding hydrogens is 334 g/mol. The predicted octanol–water partition coefficient (Wildman–Crippen LogP) is 4.46. The Bertz CT molecular complexity index is 813. The van der Waals surface area contributed by atoms with Gasteiger partial charge in [0.15, 0.2) is 5.17 Å². The molecule has 3 rings (SSSR count). The second kappa shape index (κ2) is 6.60. The van der Waals surface area contributed by atoms with Gasteiger partial charge in [-0.2, -0.15) is 0 Å². The monoisotopic (exact) mass is 348 g/mol. The maximum Gasteiger partial charge on any atom is 0.414 e. The number of hydrogen-bond acceptors (Lipinski definition) is 3. The topological polar surface area (TPSA) is 52.9 Å². The van der Waals surface area contributed by atoms with Crippen LogP contribution in [-0.2, 0) is 0 Å². The number of nitrogens with zero attached hydrogens (tertiary/aromatic N) is 2. The van der Waals surface area contributed by atoms with Crippen LogP contribution >= 0.6 is 11.8 Å². The van der Waals surface area contributed by atoms with E-state index < -0.39 is 29.8 Å². The average Bonchev–Trinajstić information content (AvgIpc) is 2.94. The number of amides is 1. The van der Waals surface area contributed by atoms with Crippen LogP contribution in [0.2, 0.25) is 0 Å². The van der Waals surface area contributed by atoms with Crippen LogP contribution in [0.3, 0.4) is 0 Å². The van der Waals surface area contributed by atoms with Crippen LogP contribution < -0.4 is 0 Å². The summed E-state index contributed by atoms with van der Waals surface area (Å²) in [5.41, 5.74) is 1.01. The van der Waals surface area contributed by atoms with Crippen LogP contribution in [0.5, 0.6) is 0 Å². The van der Waals surface area contributed by atoms with Gasteiger partial charge in [0.25, 0.3) is 0 Å². The molecule has 0 fully saturated rings. The van der Waals surface area contributed by atoms with Gasteiger partial charge in [0.05, 0.1) is 6.04 Å². The molecule has 4 nitrogen and oxygen atoms in total. The Morgan fingerprint density at radius 1 is 1.12 bits per heavy atom. The molecule has 124 valence electrons. The molecule has 0 spiro atoms. The van der Waals surface area contributed by atoms with Crippen LogP contribution in [0.4, 0.5) is 13.6 Å². The Labute approximate surface area is 141 Å². The third kappa shape index (κ3) is 2.99. The Balaban J connectivity index is 2.13.